The lowest BCUT2D eigenvalue weighted by Crippen LogP contribution is -2.14. The van der Waals surface area contributed by atoms with Crippen molar-refractivity contribution in [3.63, 3.8) is 0 Å². The number of rotatable bonds is 4. The Labute approximate surface area is 98.0 Å². The van der Waals surface area contributed by atoms with Gasteiger partial charge >= 0.3 is 0 Å². The average Bonchev–Trinajstić information content (AvgIpc) is 2.82. The number of alkyl halides is 1. The van der Waals surface area contributed by atoms with Crippen LogP contribution < -0.4 is 5.48 Å². The number of hydroxylamine groups is 1. The van der Waals surface area contributed by atoms with Gasteiger partial charge in [0, 0.05) is 5.56 Å². The second-order valence-electron chi connectivity index (χ2n) is 3.73. The molecule has 2 aromatic rings. The number of nitrogens with zero attached hydrogens (tertiary/aromatic N) is 1. The van der Waals surface area contributed by atoms with Gasteiger partial charge in [0.25, 0.3) is 0 Å². The van der Waals surface area contributed by atoms with E-state index in [9.17, 15) is 4.39 Å². The minimum Gasteiger partial charge on any atom is -0.356 e. The molecule has 0 fully saturated rings. The minimum absolute atomic E-state index is 0.366. The van der Waals surface area contributed by atoms with Crippen LogP contribution in [-0.2, 0) is 6.67 Å². The Hall–Kier alpha value is -1.72. The van der Waals surface area contributed by atoms with Gasteiger partial charge < -0.3 is 9.73 Å². The van der Waals surface area contributed by atoms with Crippen molar-refractivity contribution >= 4 is 0 Å². The van der Waals surface area contributed by atoms with E-state index in [-0.39, 0.29) is 0 Å². The Kier molecular flexibility index (Phi) is 3.51. The van der Waals surface area contributed by atoms with Crippen molar-refractivity contribution in [3.8, 4) is 11.3 Å². The Balaban J connectivity index is 2.46. The molecular weight excluding hydrogens is 223 g/mol. The van der Waals surface area contributed by atoms with Crippen LogP contribution in [-0.4, -0.2) is 10.4 Å². The third-order valence-corrected chi connectivity index (χ3v) is 2.59. The number of aromatic nitrogens is 1. The van der Waals surface area contributed by atoms with Gasteiger partial charge in [-0.3, -0.25) is 0 Å². The van der Waals surface area contributed by atoms with Gasteiger partial charge in [-0.1, -0.05) is 35.5 Å². The molecular formula is C12H13FN2O2. The summed E-state index contributed by atoms with van der Waals surface area (Å²) in [6, 6.07) is 8.72. The largest absolute Gasteiger partial charge is 0.356 e. The first-order valence-electron chi connectivity index (χ1n) is 5.27. The SMILES string of the molecule is CC(NO)c1noc(-c2ccccc2)c1CF. The molecule has 5 heteroatoms. The molecule has 2 rings (SSSR count). The van der Waals surface area contributed by atoms with Gasteiger partial charge in [-0.15, -0.1) is 0 Å². The molecule has 0 spiro atoms. The molecule has 0 aliphatic rings. The predicted octanol–water partition coefficient (Wildman–Crippen LogP) is 2.85. The summed E-state index contributed by atoms with van der Waals surface area (Å²) in [6.45, 7) is 0.987. The zero-order valence-corrected chi connectivity index (χ0v) is 9.35. The summed E-state index contributed by atoms with van der Waals surface area (Å²) in [7, 11) is 0. The monoisotopic (exact) mass is 236 g/mol. The number of hydrogen-bond acceptors (Lipinski definition) is 4. The minimum atomic E-state index is -0.685. The van der Waals surface area contributed by atoms with E-state index in [0.29, 0.717) is 17.0 Å². The maximum absolute atomic E-state index is 13.1. The highest BCUT2D eigenvalue weighted by atomic mass is 19.1. The van der Waals surface area contributed by atoms with Crippen LogP contribution in [0.1, 0.15) is 24.2 Å². The maximum atomic E-state index is 13.1. The summed E-state index contributed by atoms with van der Waals surface area (Å²) in [5.41, 5.74) is 3.55. The van der Waals surface area contributed by atoms with Crippen LogP contribution in [0, 0.1) is 0 Å². The normalized spacial score (nSPS) is 12.6. The first-order valence-corrected chi connectivity index (χ1v) is 5.27. The molecule has 0 saturated carbocycles. The standard InChI is InChI=1S/C12H13FN2O2/c1-8(14-16)11-10(7-13)12(17-15-11)9-5-3-2-4-6-9/h2-6,8,14,16H,7H2,1H3. The van der Waals surface area contributed by atoms with Gasteiger partial charge in [0.2, 0.25) is 0 Å². The van der Waals surface area contributed by atoms with Crippen molar-refractivity contribution in [2.45, 2.75) is 19.6 Å². The maximum Gasteiger partial charge on any atom is 0.173 e. The van der Waals surface area contributed by atoms with Gasteiger partial charge in [0.15, 0.2) is 5.76 Å². The Morgan fingerprint density at radius 2 is 2.12 bits per heavy atom. The molecule has 2 N–H and O–H groups in total. The van der Waals surface area contributed by atoms with Crippen LogP contribution in [0.15, 0.2) is 34.9 Å². The topological polar surface area (TPSA) is 58.3 Å². The van der Waals surface area contributed by atoms with Crippen LogP contribution in [0.2, 0.25) is 0 Å². The number of nitrogens with one attached hydrogen (secondary N) is 1. The zero-order chi connectivity index (χ0) is 12.3. The van der Waals surface area contributed by atoms with Crippen molar-refractivity contribution < 1.29 is 14.1 Å². The fourth-order valence-electron chi connectivity index (χ4n) is 1.67. The Bertz CT molecular complexity index is 485. The van der Waals surface area contributed by atoms with Crippen LogP contribution in [0.5, 0.6) is 0 Å². The summed E-state index contributed by atoms with van der Waals surface area (Å²) in [5.74, 6) is 0.408. The molecule has 0 aliphatic carbocycles. The Morgan fingerprint density at radius 3 is 2.71 bits per heavy atom. The number of halogens is 1. The van der Waals surface area contributed by atoms with Gasteiger partial charge in [0.1, 0.15) is 12.4 Å². The molecule has 1 heterocycles. The second-order valence-corrected chi connectivity index (χ2v) is 3.73. The molecule has 1 unspecified atom stereocenters. The summed E-state index contributed by atoms with van der Waals surface area (Å²) in [6.07, 6.45) is 0. The lowest BCUT2D eigenvalue weighted by molar-refractivity contribution is 0.129. The van der Waals surface area contributed by atoms with Crippen LogP contribution >= 0.6 is 0 Å². The van der Waals surface area contributed by atoms with E-state index in [1.54, 1.807) is 6.92 Å². The molecule has 1 aromatic heterocycles. The molecule has 0 amide bonds. The quantitative estimate of drug-likeness (QED) is 0.801. The molecule has 17 heavy (non-hydrogen) atoms. The molecule has 90 valence electrons. The van der Waals surface area contributed by atoms with E-state index in [4.69, 9.17) is 9.73 Å². The molecule has 0 saturated heterocycles. The van der Waals surface area contributed by atoms with Crippen molar-refractivity contribution in [2.24, 2.45) is 0 Å². The summed E-state index contributed by atoms with van der Waals surface area (Å²) in [4.78, 5) is 0. The van der Waals surface area contributed by atoms with E-state index in [0.717, 1.165) is 5.56 Å². The molecule has 0 aliphatic heterocycles. The van der Waals surface area contributed by atoms with Crippen molar-refractivity contribution in [2.75, 3.05) is 0 Å². The van der Waals surface area contributed by atoms with E-state index < -0.39 is 12.7 Å². The molecule has 4 nitrogen and oxygen atoms in total. The van der Waals surface area contributed by atoms with Gasteiger partial charge in [-0.2, -0.15) is 5.48 Å². The summed E-state index contributed by atoms with van der Waals surface area (Å²) < 4.78 is 18.2. The van der Waals surface area contributed by atoms with Crippen molar-refractivity contribution in [1.82, 2.24) is 10.6 Å². The molecule has 0 bridgehead atoms. The van der Waals surface area contributed by atoms with E-state index >= 15 is 0 Å². The highest BCUT2D eigenvalue weighted by Gasteiger charge is 2.21. The highest BCUT2D eigenvalue weighted by molar-refractivity contribution is 5.61. The Morgan fingerprint density at radius 1 is 1.41 bits per heavy atom. The molecule has 0 radical (unpaired) electrons. The van der Waals surface area contributed by atoms with Crippen LogP contribution in [0.25, 0.3) is 11.3 Å². The average molecular weight is 236 g/mol. The number of hydrogen-bond donors (Lipinski definition) is 2. The van der Waals surface area contributed by atoms with E-state index in [2.05, 4.69) is 5.16 Å². The first-order chi connectivity index (χ1) is 8.27. The first kappa shape index (κ1) is 11.8. The second kappa shape index (κ2) is 5.07. The molecule has 1 atom stereocenters. The van der Waals surface area contributed by atoms with E-state index in [1.165, 1.54) is 0 Å². The molecule has 1 aromatic carbocycles. The van der Waals surface area contributed by atoms with Crippen LogP contribution in [0.3, 0.4) is 0 Å². The summed E-state index contributed by atoms with van der Waals surface area (Å²) >= 11 is 0. The lowest BCUT2D eigenvalue weighted by atomic mass is 10.1. The van der Waals surface area contributed by atoms with Crippen molar-refractivity contribution in [1.29, 1.82) is 0 Å². The smallest absolute Gasteiger partial charge is 0.173 e. The highest BCUT2D eigenvalue weighted by Crippen LogP contribution is 2.29. The van der Waals surface area contributed by atoms with Gasteiger partial charge in [-0.25, -0.2) is 4.39 Å². The fourth-order valence-corrected chi connectivity index (χ4v) is 1.67. The zero-order valence-electron chi connectivity index (χ0n) is 9.35. The fraction of sp³-hybridized carbons (Fsp3) is 0.250. The third-order valence-electron chi connectivity index (χ3n) is 2.59. The van der Waals surface area contributed by atoms with E-state index in [1.807, 2.05) is 35.8 Å². The van der Waals surface area contributed by atoms with Gasteiger partial charge in [-0.05, 0) is 6.92 Å². The van der Waals surface area contributed by atoms with Crippen molar-refractivity contribution in [3.05, 3.63) is 41.6 Å². The van der Waals surface area contributed by atoms with Crippen LogP contribution in [0.4, 0.5) is 4.39 Å². The third kappa shape index (κ3) is 2.20. The predicted molar refractivity (Wildman–Crippen MR) is 60.1 cm³/mol. The summed E-state index contributed by atoms with van der Waals surface area (Å²) in [5, 5.41) is 12.6. The lowest BCUT2D eigenvalue weighted by Gasteiger charge is -2.05. The number of benzene rings is 1. The van der Waals surface area contributed by atoms with Gasteiger partial charge in [0.05, 0.1) is 11.6 Å².